The number of rotatable bonds is 4. The average molecular weight is 478 g/mol. The van der Waals surface area contributed by atoms with Crippen LogP contribution in [-0.2, 0) is 11.3 Å². The molecule has 2 amide bonds. The molecule has 1 aromatic heterocycles. The molecular formula is C28H32FN3O3. The van der Waals surface area contributed by atoms with E-state index in [1.54, 1.807) is 19.2 Å². The monoisotopic (exact) mass is 477 g/mol. The lowest BCUT2D eigenvalue weighted by Gasteiger charge is -2.44. The molecule has 1 aliphatic heterocycles. The van der Waals surface area contributed by atoms with Gasteiger partial charge in [-0.05, 0) is 62.2 Å². The van der Waals surface area contributed by atoms with Crippen LogP contribution in [-0.4, -0.2) is 35.1 Å². The summed E-state index contributed by atoms with van der Waals surface area (Å²) in [6.45, 7) is 2.09. The van der Waals surface area contributed by atoms with Gasteiger partial charge in [0.05, 0.1) is 19.2 Å². The maximum atomic E-state index is 14.0. The van der Waals surface area contributed by atoms with Gasteiger partial charge in [0.2, 0.25) is 5.91 Å². The third kappa shape index (κ3) is 4.28. The van der Waals surface area contributed by atoms with Crippen molar-refractivity contribution in [3.63, 3.8) is 0 Å². The maximum Gasteiger partial charge on any atom is 0.275 e. The molecule has 1 aliphatic carbocycles. The summed E-state index contributed by atoms with van der Waals surface area (Å²) in [4.78, 5) is 29.4. The molecule has 2 aliphatic rings. The highest BCUT2D eigenvalue weighted by molar-refractivity contribution is 6.14. The van der Waals surface area contributed by atoms with Crippen LogP contribution in [0.25, 0.3) is 10.9 Å². The first kappa shape index (κ1) is 23.4. The molecule has 35 heavy (non-hydrogen) atoms. The van der Waals surface area contributed by atoms with Crippen LogP contribution in [0.15, 0.2) is 48.5 Å². The molecule has 0 bridgehead atoms. The van der Waals surface area contributed by atoms with Crippen LogP contribution in [0.2, 0.25) is 0 Å². The summed E-state index contributed by atoms with van der Waals surface area (Å²) in [5.74, 6) is -0.169. The number of ether oxygens (including phenoxy) is 1. The highest BCUT2D eigenvalue weighted by atomic mass is 19.1. The Morgan fingerprint density at radius 1 is 1.03 bits per heavy atom. The van der Waals surface area contributed by atoms with Gasteiger partial charge in [0, 0.05) is 23.2 Å². The Hall–Kier alpha value is -3.35. The molecule has 0 radical (unpaired) electrons. The van der Waals surface area contributed by atoms with Gasteiger partial charge >= 0.3 is 0 Å². The fourth-order valence-corrected chi connectivity index (χ4v) is 5.53. The van der Waals surface area contributed by atoms with E-state index in [9.17, 15) is 14.0 Å². The number of carbonyl (C=O) groups is 2. The molecule has 0 spiro atoms. The van der Waals surface area contributed by atoms with E-state index < -0.39 is 5.54 Å². The van der Waals surface area contributed by atoms with Crippen molar-refractivity contribution in [1.29, 1.82) is 0 Å². The summed E-state index contributed by atoms with van der Waals surface area (Å²) in [6.07, 6.45) is 7.69. The predicted octanol–water partition coefficient (Wildman–Crippen LogP) is 5.44. The summed E-state index contributed by atoms with van der Waals surface area (Å²) >= 11 is 0. The zero-order chi connectivity index (χ0) is 24.6. The van der Waals surface area contributed by atoms with E-state index in [0.29, 0.717) is 17.1 Å². The number of halogens is 1. The van der Waals surface area contributed by atoms with Gasteiger partial charge in [-0.3, -0.25) is 14.5 Å². The Morgan fingerprint density at radius 3 is 2.40 bits per heavy atom. The number of anilines is 1. The highest BCUT2D eigenvalue weighted by Crippen LogP contribution is 2.37. The van der Waals surface area contributed by atoms with Crippen LogP contribution in [0.4, 0.5) is 10.1 Å². The van der Waals surface area contributed by atoms with Crippen molar-refractivity contribution in [2.45, 2.75) is 70.0 Å². The topological polar surface area (TPSA) is 63.6 Å². The minimum absolute atomic E-state index is 0.0905. The van der Waals surface area contributed by atoms with Crippen molar-refractivity contribution in [3.8, 4) is 5.75 Å². The first-order chi connectivity index (χ1) is 16.9. The number of methoxy groups -OCH3 is 1. The number of hydrogen-bond acceptors (Lipinski definition) is 3. The molecule has 1 N–H and O–H groups in total. The molecule has 2 aromatic carbocycles. The summed E-state index contributed by atoms with van der Waals surface area (Å²) in [7, 11) is 1.61. The van der Waals surface area contributed by atoms with E-state index in [4.69, 9.17) is 4.74 Å². The largest absolute Gasteiger partial charge is 0.497 e. The highest BCUT2D eigenvalue weighted by Gasteiger charge is 2.49. The van der Waals surface area contributed by atoms with Gasteiger partial charge in [-0.1, -0.05) is 32.1 Å². The van der Waals surface area contributed by atoms with Gasteiger partial charge in [-0.15, -0.1) is 0 Å². The van der Waals surface area contributed by atoms with Crippen molar-refractivity contribution < 1.29 is 18.7 Å². The summed E-state index contributed by atoms with van der Waals surface area (Å²) in [5, 5.41) is 4.18. The van der Waals surface area contributed by atoms with E-state index in [-0.39, 0.29) is 30.2 Å². The van der Waals surface area contributed by atoms with Crippen LogP contribution in [0.1, 0.15) is 62.4 Å². The molecule has 1 fully saturated rings. The first-order valence-corrected chi connectivity index (χ1v) is 12.5. The van der Waals surface area contributed by atoms with Crippen molar-refractivity contribution in [2.75, 3.05) is 12.0 Å². The van der Waals surface area contributed by atoms with E-state index in [1.165, 1.54) is 36.3 Å². The lowest BCUT2D eigenvalue weighted by Crippen LogP contribution is -2.65. The Kier molecular flexibility index (Phi) is 6.26. The third-order valence-electron chi connectivity index (χ3n) is 7.51. The Bertz CT molecular complexity index is 1240. The average Bonchev–Trinajstić information content (AvgIpc) is 3.19. The summed E-state index contributed by atoms with van der Waals surface area (Å²) < 4.78 is 21.1. The van der Waals surface area contributed by atoms with Crippen LogP contribution < -0.4 is 15.0 Å². The zero-order valence-electron chi connectivity index (χ0n) is 20.4. The Labute approximate surface area is 205 Å². The third-order valence-corrected chi connectivity index (χ3v) is 7.51. The number of benzene rings is 2. The molecule has 1 saturated carbocycles. The molecule has 1 atom stereocenters. The normalized spacial score (nSPS) is 21.3. The van der Waals surface area contributed by atoms with Crippen LogP contribution in [0.5, 0.6) is 5.75 Å². The molecule has 0 unspecified atom stereocenters. The lowest BCUT2D eigenvalue weighted by molar-refractivity contribution is -0.127. The SMILES string of the molecule is COc1ccc2cc3n(c2c1)C[C@](C)(C(=O)NC1CCCCCCC1)N(c1ccc(F)cc1)C3=O. The van der Waals surface area contributed by atoms with Crippen LogP contribution in [0, 0.1) is 5.82 Å². The van der Waals surface area contributed by atoms with Crippen LogP contribution in [0.3, 0.4) is 0 Å². The maximum absolute atomic E-state index is 14.0. The number of hydrogen-bond donors (Lipinski definition) is 1. The van der Waals surface area contributed by atoms with E-state index in [0.717, 1.165) is 36.6 Å². The van der Waals surface area contributed by atoms with E-state index in [1.807, 2.05) is 35.8 Å². The molecule has 7 heteroatoms. The Balaban J connectivity index is 1.58. The first-order valence-electron chi connectivity index (χ1n) is 12.5. The predicted molar refractivity (Wildman–Crippen MR) is 134 cm³/mol. The van der Waals surface area contributed by atoms with Gasteiger partial charge in [0.15, 0.2) is 0 Å². The van der Waals surface area contributed by atoms with Crippen molar-refractivity contribution in [3.05, 3.63) is 60.0 Å². The van der Waals surface area contributed by atoms with Crippen molar-refractivity contribution >= 4 is 28.4 Å². The fourth-order valence-electron chi connectivity index (χ4n) is 5.53. The molecule has 2 heterocycles. The fraction of sp³-hybridized carbons (Fsp3) is 0.429. The second-order valence-corrected chi connectivity index (χ2v) is 9.95. The standard InChI is InChI=1S/C28H32FN3O3/c1-28(27(34)30-21-8-6-4-3-5-7-9-21)18-31-24-17-23(35-2)15-10-19(24)16-25(31)26(33)32(28)22-13-11-20(29)12-14-22/h10-17,21H,3-9,18H2,1-2H3,(H,30,34)/t28-/m1/s1. The number of nitrogens with zero attached hydrogens (tertiary/aromatic N) is 2. The number of nitrogens with one attached hydrogen (secondary N) is 1. The van der Waals surface area contributed by atoms with E-state index >= 15 is 0 Å². The minimum atomic E-state index is -1.20. The van der Waals surface area contributed by atoms with Gasteiger partial charge in [-0.2, -0.15) is 0 Å². The number of fused-ring (bicyclic) bond motifs is 3. The van der Waals surface area contributed by atoms with E-state index in [2.05, 4.69) is 5.32 Å². The molecule has 184 valence electrons. The lowest BCUT2D eigenvalue weighted by atomic mass is 9.91. The smallest absolute Gasteiger partial charge is 0.275 e. The van der Waals surface area contributed by atoms with Gasteiger partial charge < -0.3 is 14.6 Å². The molecule has 3 aromatic rings. The quantitative estimate of drug-likeness (QED) is 0.545. The minimum Gasteiger partial charge on any atom is -0.497 e. The second-order valence-electron chi connectivity index (χ2n) is 9.95. The molecular weight excluding hydrogens is 445 g/mol. The van der Waals surface area contributed by atoms with Crippen molar-refractivity contribution in [1.82, 2.24) is 9.88 Å². The molecule has 6 nitrogen and oxygen atoms in total. The summed E-state index contributed by atoms with van der Waals surface area (Å²) in [5.41, 5.74) is 0.644. The number of amides is 2. The summed E-state index contributed by atoms with van der Waals surface area (Å²) in [6, 6.07) is 13.4. The zero-order valence-corrected chi connectivity index (χ0v) is 20.4. The number of carbonyl (C=O) groups excluding carboxylic acids is 2. The second kappa shape index (κ2) is 9.36. The van der Waals surface area contributed by atoms with Gasteiger partial charge in [0.1, 0.15) is 22.8 Å². The van der Waals surface area contributed by atoms with Gasteiger partial charge in [-0.25, -0.2) is 4.39 Å². The molecule has 0 saturated heterocycles. The Morgan fingerprint density at radius 2 is 1.71 bits per heavy atom. The number of aromatic nitrogens is 1. The molecule has 5 rings (SSSR count). The van der Waals surface area contributed by atoms with Gasteiger partial charge in [0.25, 0.3) is 5.91 Å². The van der Waals surface area contributed by atoms with Crippen molar-refractivity contribution in [2.24, 2.45) is 0 Å². The van der Waals surface area contributed by atoms with Crippen LogP contribution >= 0.6 is 0 Å².